The highest BCUT2D eigenvalue weighted by Gasteiger charge is 2.08. The molecule has 0 aliphatic rings. The fraction of sp³-hybridized carbons (Fsp3) is 0.333. The molecule has 0 heterocycles. The summed E-state index contributed by atoms with van der Waals surface area (Å²) in [4.78, 5) is 0. The third-order valence-corrected chi connectivity index (χ3v) is 2.65. The Morgan fingerprint density at radius 1 is 1.62 bits per heavy atom. The summed E-state index contributed by atoms with van der Waals surface area (Å²) >= 11 is 5.74. The minimum absolute atomic E-state index is 0.250. The highest BCUT2D eigenvalue weighted by Crippen LogP contribution is 2.17. The van der Waals surface area contributed by atoms with Gasteiger partial charge < -0.3 is 5.11 Å². The molecule has 2 unspecified atom stereocenters. The van der Waals surface area contributed by atoms with Crippen LogP contribution in [0.2, 0.25) is 5.02 Å². The van der Waals surface area contributed by atoms with Crippen LogP contribution in [0.1, 0.15) is 11.7 Å². The lowest BCUT2D eigenvalue weighted by molar-refractivity contribution is 0.203. The van der Waals surface area contributed by atoms with E-state index in [1.807, 2.05) is 0 Å². The minimum Gasteiger partial charge on any atom is -0.387 e. The van der Waals surface area contributed by atoms with Crippen LogP contribution in [-0.4, -0.2) is 21.3 Å². The van der Waals surface area contributed by atoms with Gasteiger partial charge in [-0.3, -0.25) is 4.21 Å². The molecule has 0 saturated carbocycles. The number of aliphatic hydroxyl groups is 1. The van der Waals surface area contributed by atoms with E-state index >= 15 is 0 Å². The molecule has 13 heavy (non-hydrogen) atoms. The molecule has 1 rings (SSSR count). The number of benzene rings is 1. The molecule has 1 aromatic carbocycles. The maximum Gasteiger partial charge on any atom is 0.0905 e. The van der Waals surface area contributed by atoms with Gasteiger partial charge in [0, 0.05) is 22.1 Å². The summed E-state index contributed by atoms with van der Waals surface area (Å²) in [5, 5.41) is 10.1. The molecular weight excluding hydrogens is 208 g/mol. The monoisotopic (exact) mass is 218 g/mol. The topological polar surface area (TPSA) is 37.3 Å². The maximum absolute atomic E-state index is 10.8. The van der Waals surface area contributed by atoms with Gasteiger partial charge in [0.15, 0.2) is 0 Å². The zero-order valence-electron chi connectivity index (χ0n) is 7.24. The highest BCUT2D eigenvalue weighted by molar-refractivity contribution is 7.84. The Kier molecular flexibility index (Phi) is 3.90. The van der Waals surface area contributed by atoms with Gasteiger partial charge in [-0.1, -0.05) is 23.7 Å². The number of rotatable bonds is 3. The van der Waals surface area contributed by atoms with Gasteiger partial charge in [0.2, 0.25) is 0 Å². The first-order chi connectivity index (χ1) is 6.09. The van der Waals surface area contributed by atoms with Gasteiger partial charge in [0.25, 0.3) is 0 Å². The summed E-state index contributed by atoms with van der Waals surface area (Å²) in [6.45, 7) is 0. The van der Waals surface area contributed by atoms with Crippen molar-refractivity contribution in [1.29, 1.82) is 0 Å². The first-order valence-corrected chi connectivity index (χ1v) is 5.93. The van der Waals surface area contributed by atoms with Crippen molar-refractivity contribution in [2.24, 2.45) is 0 Å². The quantitative estimate of drug-likeness (QED) is 0.840. The van der Waals surface area contributed by atoms with E-state index in [0.717, 1.165) is 0 Å². The smallest absolute Gasteiger partial charge is 0.0905 e. The molecule has 2 nitrogen and oxygen atoms in total. The number of halogens is 1. The average molecular weight is 219 g/mol. The van der Waals surface area contributed by atoms with Gasteiger partial charge in [-0.05, 0) is 17.7 Å². The van der Waals surface area contributed by atoms with Crippen LogP contribution in [0, 0.1) is 0 Å². The van der Waals surface area contributed by atoms with Gasteiger partial charge in [-0.15, -0.1) is 0 Å². The van der Waals surface area contributed by atoms with Crippen LogP contribution in [0.4, 0.5) is 0 Å². The predicted octanol–water partition coefficient (Wildman–Crippen LogP) is 1.75. The van der Waals surface area contributed by atoms with Crippen LogP contribution >= 0.6 is 11.6 Å². The van der Waals surface area contributed by atoms with Crippen molar-refractivity contribution >= 4 is 22.4 Å². The summed E-state index contributed by atoms with van der Waals surface area (Å²) in [7, 11) is -0.996. The van der Waals surface area contributed by atoms with Crippen LogP contribution < -0.4 is 0 Å². The molecule has 0 fully saturated rings. The number of aliphatic hydroxyl groups excluding tert-OH is 1. The molecule has 0 aliphatic heterocycles. The zero-order valence-corrected chi connectivity index (χ0v) is 8.81. The van der Waals surface area contributed by atoms with Crippen molar-refractivity contribution in [3.63, 3.8) is 0 Å². The second-order valence-electron chi connectivity index (χ2n) is 2.81. The van der Waals surface area contributed by atoms with Gasteiger partial charge >= 0.3 is 0 Å². The van der Waals surface area contributed by atoms with Gasteiger partial charge in [0.1, 0.15) is 0 Å². The first kappa shape index (κ1) is 10.7. The first-order valence-electron chi connectivity index (χ1n) is 3.83. The largest absolute Gasteiger partial charge is 0.387 e. The molecule has 0 aromatic heterocycles. The van der Waals surface area contributed by atoms with Crippen LogP contribution in [-0.2, 0) is 10.8 Å². The summed E-state index contributed by atoms with van der Waals surface area (Å²) in [6.07, 6.45) is 0.873. The number of hydrogen-bond acceptors (Lipinski definition) is 2. The minimum atomic E-state index is -0.996. The lowest BCUT2D eigenvalue weighted by atomic mass is 10.1. The third kappa shape index (κ3) is 3.46. The molecular formula is C9H11ClO2S. The van der Waals surface area contributed by atoms with Crippen LogP contribution in [0.15, 0.2) is 24.3 Å². The van der Waals surface area contributed by atoms with Gasteiger partial charge in [-0.2, -0.15) is 0 Å². The van der Waals surface area contributed by atoms with Crippen molar-refractivity contribution in [2.75, 3.05) is 12.0 Å². The summed E-state index contributed by atoms with van der Waals surface area (Å²) in [5.41, 5.74) is 0.711. The predicted molar refractivity (Wildman–Crippen MR) is 55.3 cm³/mol. The molecule has 1 aromatic rings. The van der Waals surface area contributed by atoms with Crippen molar-refractivity contribution < 1.29 is 9.32 Å². The molecule has 1 N–H and O–H groups in total. The molecule has 0 aliphatic carbocycles. The Bertz CT molecular complexity index is 314. The Balaban J connectivity index is 2.76. The van der Waals surface area contributed by atoms with Crippen molar-refractivity contribution in [2.45, 2.75) is 6.10 Å². The van der Waals surface area contributed by atoms with E-state index in [9.17, 15) is 9.32 Å². The average Bonchev–Trinajstić information content (AvgIpc) is 2.03. The lowest BCUT2D eigenvalue weighted by Crippen LogP contribution is -2.07. The molecule has 4 heteroatoms. The molecule has 0 spiro atoms. The Labute approximate surface area is 85.0 Å². The zero-order chi connectivity index (χ0) is 9.84. The summed E-state index contributed by atoms with van der Waals surface area (Å²) in [6, 6.07) is 6.95. The number of hydrogen-bond donors (Lipinski definition) is 1. The summed E-state index contributed by atoms with van der Waals surface area (Å²) < 4.78 is 10.8. The van der Waals surface area contributed by atoms with Gasteiger partial charge in [-0.25, -0.2) is 0 Å². The molecule has 72 valence electrons. The SMILES string of the molecule is CS(=O)CC(O)c1cccc(Cl)c1. The van der Waals surface area contributed by atoms with Crippen molar-refractivity contribution in [3.8, 4) is 0 Å². The highest BCUT2D eigenvalue weighted by atomic mass is 35.5. The van der Waals surface area contributed by atoms with Crippen LogP contribution in [0.25, 0.3) is 0 Å². The van der Waals surface area contributed by atoms with E-state index in [-0.39, 0.29) is 5.75 Å². The third-order valence-electron chi connectivity index (χ3n) is 1.63. The summed E-state index contributed by atoms with van der Waals surface area (Å²) in [5.74, 6) is 0.250. The van der Waals surface area contributed by atoms with Crippen LogP contribution in [0.5, 0.6) is 0 Å². The fourth-order valence-corrected chi connectivity index (χ4v) is 1.87. The Hall–Kier alpha value is -0.380. The van der Waals surface area contributed by atoms with Crippen molar-refractivity contribution in [1.82, 2.24) is 0 Å². The van der Waals surface area contributed by atoms with Gasteiger partial charge in [0.05, 0.1) is 11.9 Å². The maximum atomic E-state index is 10.8. The standard InChI is InChI=1S/C9H11ClO2S/c1-13(12)6-9(11)7-3-2-4-8(10)5-7/h2-5,9,11H,6H2,1H3. The lowest BCUT2D eigenvalue weighted by Gasteiger charge is -2.08. The van der Waals surface area contributed by atoms with Crippen molar-refractivity contribution in [3.05, 3.63) is 34.9 Å². The van der Waals surface area contributed by atoms with E-state index in [1.54, 1.807) is 30.5 Å². The van der Waals surface area contributed by atoms with E-state index in [0.29, 0.717) is 10.6 Å². The van der Waals surface area contributed by atoms with E-state index < -0.39 is 16.9 Å². The normalized spacial score (nSPS) is 15.3. The molecule has 0 bridgehead atoms. The Morgan fingerprint density at radius 2 is 2.31 bits per heavy atom. The second-order valence-corrected chi connectivity index (χ2v) is 4.73. The van der Waals surface area contributed by atoms with Crippen LogP contribution in [0.3, 0.4) is 0 Å². The molecule has 0 radical (unpaired) electrons. The molecule has 0 saturated heterocycles. The molecule has 2 atom stereocenters. The fourth-order valence-electron chi connectivity index (χ4n) is 1.03. The van der Waals surface area contributed by atoms with E-state index in [1.165, 1.54) is 0 Å². The Morgan fingerprint density at radius 3 is 2.85 bits per heavy atom. The molecule has 0 amide bonds. The van der Waals surface area contributed by atoms with E-state index in [2.05, 4.69) is 0 Å². The van der Waals surface area contributed by atoms with E-state index in [4.69, 9.17) is 11.6 Å². The second kappa shape index (κ2) is 4.74.